The zero-order chi connectivity index (χ0) is 83.3. The Morgan fingerprint density at radius 1 is 0.534 bits per heavy atom. The van der Waals surface area contributed by atoms with E-state index in [1.165, 1.54) is 55.2 Å². The highest BCUT2D eigenvalue weighted by atomic mass is 35.5. The maximum Gasteiger partial charge on any atom is 0.291 e. The largest absolute Gasteiger partial charge is 0.378 e. The number of amides is 9. The highest BCUT2D eigenvalue weighted by molar-refractivity contribution is 7.15. The Balaban J connectivity index is 0.522. The molecule has 0 spiro atoms. The number of carbonyl (C=O) groups is 9. The number of aryl methyl sites for hydroxylation is 7. The molecule has 1 aliphatic heterocycles. The minimum atomic E-state index is -0.866. The van der Waals surface area contributed by atoms with Gasteiger partial charge in [0.15, 0.2) is 23.3 Å². The Morgan fingerprint density at radius 3 is 1.57 bits per heavy atom. The van der Waals surface area contributed by atoms with Gasteiger partial charge in [-0.3, -0.25) is 52.7 Å². The molecule has 0 bridgehead atoms. The number of aromatic nitrogens is 11. The molecule has 39 heteroatoms. The molecule has 10 N–H and O–H groups in total. The van der Waals surface area contributed by atoms with Crippen molar-refractivity contribution in [2.24, 2.45) is 40.2 Å². The molecule has 8 heterocycles. The van der Waals surface area contributed by atoms with Crippen molar-refractivity contribution in [2.75, 3.05) is 140 Å². The molecule has 0 aliphatic carbocycles. The molecule has 618 valence electrons. The summed E-state index contributed by atoms with van der Waals surface area (Å²) in [5.41, 5.74) is 3.96. The second-order valence-electron chi connectivity index (χ2n) is 27.0. The van der Waals surface area contributed by atoms with Crippen LogP contribution in [0.1, 0.15) is 132 Å². The quantitative estimate of drug-likeness (QED) is 0.0192. The number of rotatable bonds is 44. The number of carbonyl (C=O) groups excluding carboxylic acids is 9. The summed E-state index contributed by atoms with van der Waals surface area (Å²) in [5, 5.41) is 38.0. The van der Waals surface area contributed by atoms with Gasteiger partial charge in [0.2, 0.25) is 35.3 Å². The molecule has 1 atom stereocenters. The van der Waals surface area contributed by atoms with Crippen LogP contribution < -0.4 is 53.2 Å². The Hall–Kier alpha value is -11.7. The number of hydrogen-bond acceptors (Lipinski definition) is 23. The smallest absolute Gasteiger partial charge is 0.291 e. The molecule has 7 aromatic heterocycles. The first-order chi connectivity index (χ1) is 55.7. The van der Waals surface area contributed by atoms with Gasteiger partial charge in [0, 0.05) is 145 Å². The standard InChI is InChI=1S/C77H97ClN22O15S/c1-49-50(2)116-76-65(49)66(52-14-16-53(78)17-15-52)87-56(67-94-93-51(3)100(67)76)44-64(104)92-77(4,5)21-12-11-13-22-79-27-30-110-32-34-112-36-38-114-40-41-115-39-37-113-35-33-111-31-28-80-61(101)18-23-84-73(107)69-90-59(47-98(69)9)88-62(102)19-24-83-72(106)58-43-55(46-97(58)8)86-75(109)70-91-60(48-99(70)10)89-63(103)20-25-82-71(105)57-42-54(45-96(57)7)85-74(108)68-81-26-29-95(68)6/h14-17,26,29,42-43,45-48,56,79H,18-20,22-25,27-28,30-41,44H2,1-10H3,(H,80,101)(H,82,105)(H,83,106)(H,84,107)(H,85,108)(H,86,109)(H,88,102)(H,89,103)(H,92,104)/t56-/m0/s1. The van der Waals surface area contributed by atoms with Gasteiger partial charge in [-0.05, 0) is 76.3 Å². The molecule has 0 saturated carbocycles. The number of nitrogens with zero attached hydrogens (tertiary/aromatic N) is 12. The first-order valence-electron chi connectivity index (χ1n) is 37.3. The number of hydrogen-bond donors (Lipinski definition) is 10. The summed E-state index contributed by atoms with van der Waals surface area (Å²) in [6, 6.07) is 9.88. The summed E-state index contributed by atoms with van der Waals surface area (Å²) >= 11 is 7.91. The number of anilines is 4. The van der Waals surface area contributed by atoms with Crippen molar-refractivity contribution in [1.82, 2.24) is 84.5 Å². The second-order valence-corrected chi connectivity index (χ2v) is 28.6. The lowest BCUT2D eigenvalue weighted by molar-refractivity contribution is -0.123. The van der Waals surface area contributed by atoms with Crippen LogP contribution in [-0.4, -0.2) is 236 Å². The summed E-state index contributed by atoms with van der Waals surface area (Å²) in [7, 11) is 8.04. The molecule has 9 amide bonds. The van der Waals surface area contributed by atoms with Crippen LogP contribution in [0.2, 0.25) is 5.02 Å². The summed E-state index contributed by atoms with van der Waals surface area (Å²) in [6.45, 7) is 15.5. The average molecular weight is 1640 g/mol. The second kappa shape index (κ2) is 43.7. The van der Waals surface area contributed by atoms with E-state index in [0.29, 0.717) is 108 Å². The van der Waals surface area contributed by atoms with Crippen LogP contribution in [0, 0.1) is 44.5 Å². The van der Waals surface area contributed by atoms with E-state index in [0.717, 1.165) is 32.3 Å². The third kappa shape index (κ3) is 26.4. The molecule has 37 nitrogen and oxygen atoms in total. The third-order valence-electron chi connectivity index (χ3n) is 17.4. The SMILES string of the molecule is Cc1sc2c(c1C)C(c1ccc(Cl)cc1)=N[C@@H](CC(=O)NC(C)(C)C#CC#CCNCCOCCOCCOCCOCCOCCOCCNC(=O)CCNC(=O)c1nc(NC(=O)CCNC(=O)c3cc(NC(=O)c4nc(NC(=O)CCNC(=O)c5cc(NC(=O)c6nccn6C)cn5C)cn4C)cn3C)cn1C)c1nnc(C)n1-2. The summed E-state index contributed by atoms with van der Waals surface area (Å²) in [6.07, 6.45) is 8.85. The monoisotopic (exact) mass is 1640 g/mol. The van der Waals surface area contributed by atoms with Crippen LogP contribution in [-0.2, 0) is 82.8 Å². The number of nitrogens with one attached hydrogen (secondary N) is 10. The van der Waals surface area contributed by atoms with E-state index >= 15 is 0 Å². The maximum absolute atomic E-state index is 13.6. The van der Waals surface area contributed by atoms with Gasteiger partial charge in [-0.2, -0.15) is 0 Å². The van der Waals surface area contributed by atoms with Gasteiger partial charge in [0.25, 0.3) is 29.5 Å². The van der Waals surface area contributed by atoms with Crippen molar-refractivity contribution >= 4 is 105 Å². The predicted molar refractivity (Wildman–Crippen MR) is 431 cm³/mol. The van der Waals surface area contributed by atoms with Crippen molar-refractivity contribution in [3.63, 3.8) is 0 Å². The molecule has 1 aromatic carbocycles. The van der Waals surface area contributed by atoms with Crippen LogP contribution >= 0.6 is 22.9 Å². The van der Waals surface area contributed by atoms with E-state index in [4.69, 9.17) is 45.0 Å². The van der Waals surface area contributed by atoms with E-state index in [1.54, 1.807) is 63.5 Å². The van der Waals surface area contributed by atoms with Crippen molar-refractivity contribution in [1.29, 1.82) is 0 Å². The highest BCUT2D eigenvalue weighted by Crippen LogP contribution is 2.40. The number of fused-ring (bicyclic) bond motifs is 3. The van der Waals surface area contributed by atoms with Crippen molar-refractivity contribution in [3.05, 3.63) is 141 Å². The number of ether oxygens (including phenoxy) is 6. The van der Waals surface area contributed by atoms with Gasteiger partial charge in [0.1, 0.15) is 28.3 Å². The highest BCUT2D eigenvalue weighted by Gasteiger charge is 2.34. The first-order valence-corrected chi connectivity index (χ1v) is 38.5. The molecule has 8 aromatic rings. The number of imidazole rings is 3. The fraction of sp³-hybridized carbons (Fsp3) is 0.442. The Bertz CT molecular complexity index is 4950. The van der Waals surface area contributed by atoms with Crippen molar-refractivity contribution < 1.29 is 71.6 Å². The summed E-state index contributed by atoms with van der Waals surface area (Å²) in [5.74, 6) is 9.19. The Labute approximate surface area is 678 Å². The Morgan fingerprint density at radius 2 is 1.03 bits per heavy atom. The molecular weight excluding hydrogens is 1540 g/mol. The third-order valence-corrected chi connectivity index (χ3v) is 18.8. The average Bonchev–Trinajstić information content (AvgIpc) is 1.59. The molecule has 0 radical (unpaired) electrons. The fourth-order valence-corrected chi connectivity index (χ4v) is 12.9. The van der Waals surface area contributed by atoms with Crippen LogP contribution in [0.5, 0.6) is 0 Å². The van der Waals surface area contributed by atoms with E-state index in [9.17, 15) is 43.2 Å². The summed E-state index contributed by atoms with van der Waals surface area (Å²) in [4.78, 5) is 135. The molecule has 0 unspecified atom stereocenters. The van der Waals surface area contributed by atoms with Gasteiger partial charge in [-0.25, -0.2) is 15.0 Å². The normalized spacial score (nSPS) is 12.2. The van der Waals surface area contributed by atoms with Crippen molar-refractivity contribution in [2.45, 2.75) is 71.9 Å². The maximum atomic E-state index is 13.6. The molecule has 1 aliphatic rings. The minimum Gasteiger partial charge on any atom is -0.378 e. The van der Waals surface area contributed by atoms with Gasteiger partial charge < -0.3 is 104 Å². The summed E-state index contributed by atoms with van der Waals surface area (Å²) < 4.78 is 42.8. The topological polar surface area (TPSA) is 436 Å². The van der Waals surface area contributed by atoms with Crippen LogP contribution in [0.25, 0.3) is 5.00 Å². The van der Waals surface area contributed by atoms with Crippen molar-refractivity contribution in [3.8, 4) is 28.7 Å². The molecule has 116 heavy (non-hydrogen) atoms. The van der Waals surface area contributed by atoms with Crippen LogP contribution in [0.3, 0.4) is 0 Å². The molecule has 9 rings (SSSR count). The number of benzene rings is 1. The molecular formula is C77H97ClN22O15S. The van der Waals surface area contributed by atoms with Gasteiger partial charge in [-0.1, -0.05) is 35.6 Å². The lowest BCUT2D eigenvalue weighted by Crippen LogP contribution is -2.42. The van der Waals surface area contributed by atoms with E-state index in [-0.39, 0.29) is 116 Å². The lowest BCUT2D eigenvalue weighted by Gasteiger charge is -2.21. The molecule has 0 fully saturated rings. The fourth-order valence-electron chi connectivity index (χ4n) is 11.6. The number of halogens is 1. The Kier molecular flexibility index (Phi) is 33.2. The minimum absolute atomic E-state index is 0.00673. The van der Waals surface area contributed by atoms with E-state index in [2.05, 4.69) is 116 Å². The first kappa shape index (κ1) is 88.2. The number of thiophene rings is 1. The zero-order valence-electron chi connectivity index (χ0n) is 66.3. The van der Waals surface area contributed by atoms with Gasteiger partial charge in [-0.15, -0.1) is 21.5 Å². The van der Waals surface area contributed by atoms with Gasteiger partial charge >= 0.3 is 0 Å². The number of aliphatic imine (C=N–C) groups is 1. The predicted octanol–water partition coefficient (Wildman–Crippen LogP) is 3.62. The van der Waals surface area contributed by atoms with Crippen LogP contribution in [0.4, 0.5) is 23.0 Å². The van der Waals surface area contributed by atoms with Gasteiger partial charge in [0.05, 0.1) is 115 Å². The van der Waals surface area contributed by atoms with E-state index < -0.39 is 52.9 Å². The zero-order valence-corrected chi connectivity index (χ0v) is 67.9. The van der Waals surface area contributed by atoms with Crippen LogP contribution in [0.15, 0.2) is 78.6 Å². The molecule has 0 saturated heterocycles. The lowest BCUT2D eigenvalue weighted by atomic mass is 9.99. The van der Waals surface area contributed by atoms with E-state index in [1.807, 2.05) is 49.6 Å².